The van der Waals surface area contributed by atoms with Crippen molar-refractivity contribution in [3.8, 4) is 0 Å². The van der Waals surface area contributed by atoms with E-state index in [1.54, 1.807) is 0 Å². The molecule has 0 bridgehead atoms. The van der Waals surface area contributed by atoms with Gasteiger partial charge in [-0.25, -0.2) is 0 Å². The second-order valence-electron chi connectivity index (χ2n) is 7.26. The van der Waals surface area contributed by atoms with Gasteiger partial charge in [0.05, 0.1) is 0 Å². The number of Topliss-reactive ketones (excluding diaryl/α,β-unsaturated/α-hetero) is 1. The number of hydrogen-bond acceptors (Lipinski definition) is 3. The summed E-state index contributed by atoms with van der Waals surface area (Å²) in [6.07, 6.45) is 1.82. The van der Waals surface area contributed by atoms with Crippen LogP contribution in [0.4, 0.5) is 0 Å². The maximum absolute atomic E-state index is 12.3. The van der Waals surface area contributed by atoms with Crippen LogP contribution in [0.1, 0.15) is 56.5 Å². The fourth-order valence-electron chi connectivity index (χ4n) is 3.12. The van der Waals surface area contributed by atoms with Gasteiger partial charge in [0.2, 0.25) is 11.8 Å². The molecule has 0 N–H and O–H groups in total. The van der Waals surface area contributed by atoms with Gasteiger partial charge in [0, 0.05) is 30.4 Å². The van der Waals surface area contributed by atoms with Crippen LogP contribution in [0, 0.1) is 17.8 Å². The van der Waals surface area contributed by atoms with Crippen molar-refractivity contribution >= 4 is 17.6 Å². The summed E-state index contributed by atoms with van der Waals surface area (Å²) in [7, 11) is 0. The molecule has 2 rings (SSSR count). The first-order chi connectivity index (χ1) is 11.3. The Morgan fingerprint density at radius 3 is 2.50 bits per heavy atom. The Morgan fingerprint density at radius 1 is 1.21 bits per heavy atom. The van der Waals surface area contributed by atoms with E-state index in [2.05, 4.69) is 0 Å². The standard InChI is InChI=1S/C20H27NO3/c1-13(2)17-12-18(22)21(20(17)24)10-6-8-15-7-5-9-16(11-15)19(23)14(3)4/h5,7,9,11,13-14,17H,6,8,10,12H2,1-4H3. The van der Waals surface area contributed by atoms with E-state index in [-0.39, 0.29) is 35.4 Å². The van der Waals surface area contributed by atoms with E-state index in [0.29, 0.717) is 13.0 Å². The summed E-state index contributed by atoms with van der Waals surface area (Å²) in [5.41, 5.74) is 1.80. The fraction of sp³-hybridized carbons (Fsp3) is 0.550. The van der Waals surface area contributed by atoms with Crippen LogP contribution in [-0.4, -0.2) is 29.0 Å². The van der Waals surface area contributed by atoms with Crippen molar-refractivity contribution in [3.05, 3.63) is 35.4 Å². The number of imide groups is 1. The Balaban J connectivity index is 1.93. The molecule has 0 saturated carbocycles. The van der Waals surface area contributed by atoms with Crippen molar-refractivity contribution in [1.82, 2.24) is 4.90 Å². The summed E-state index contributed by atoms with van der Waals surface area (Å²) in [4.78, 5) is 37.8. The lowest BCUT2D eigenvalue weighted by Crippen LogP contribution is -2.32. The van der Waals surface area contributed by atoms with Crippen LogP contribution in [0.25, 0.3) is 0 Å². The number of carbonyl (C=O) groups is 3. The molecule has 0 aliphatic carbocycles. The van der Waals surface area contributed by atoms with E-state index < -0.39 is 0 Å². The van der Waals surface area contributed by atoms with E-state index in [1.165, 1.54) is 4.90 Å². The molecule has 1 heterocycles. The van der Waals surface area contributed by atoms with Gasteiger partial charge in [-0.2, -0.15) is 0 Å². The molecule has 1 aromatic rings. The van der Waals surface area contributed by atoms with Gasteiger partial charge in [0.25, 0.3) is 0 Å². The van der Waals surface area contributed by atoms with Gasteiger partial charge < -0.3 is 0 Å². The zero-order valence-electron chi connectivity index (χ0n) is 15.0. The molecule has 1 saturated heterocycles. The number of benzene rings is 1. The van der Waals surface area contributed by atoms with Crippen molar-refractivity contribution in [3.63, 3.8) is 0 Å². The van der Waals surface area contributed by atoms with Gasteiger partial charge in [0.15, 0.2) is 5.78 Å². The zero-order valence-corrected chi connectivity index (χ0v) is 15.0. The summed E-state index contributed by atoms with van der Waals surface area (Å²) >= 11 is 0. The first-order valence-corrected chi connectivity index (χ1v) is 8.78. The lowest BCUT2D eigenvalue weighted by Gasteiger charge is -2.16. The van der Waals surface area contributed by atoms with Gasteiger partial charge in [-0.3, -0.25) is 19.3 Å². The van der Waals surface area contributed by atoms with Gasteiger partial charge in [-0.05, 0) is 30.4 Å². The number of carbonyl (C=O) groups excluding carboxylic acids is 3. The molecule has 24 heavy (non-hydrogen) atoms. The first kappa shape index (κ1) is 18.4. The summed E-state index contributed by atoms with van der Waals surface area (Å²) in [6, 6.07) is 7.65. The third kappa shape index (κ3) is 4.11. The Kier molecular flexibility index (Phi) is 5.92. The van der Waals surface area contributed by atoms with Gasteiger partial charge in [-0.15, -0.1) is 0 Å². The predicted octanol–water partition coefficient (Wildman–Crippen LogP) is 3.49. The lowest BCUT2D eigenvalue weighted by molar-refractivity contribution is -0.139. The van der Waals surface area contributed by atoms with E-state index in [4.69, 9.17) is 0 Å². The summed E-state index contributed by atoms with van der Waals surface area (Å²) in [5.74, 6) is 0.0745. The number of likely N-dealkylation sites (tertiary alicyclic amines) is 1. The summed E-state index contributed by atoms with van der Waals surface area (Å²) < 4.78 is 0. The Hall–Kier alpha value is -1.97. The quantitative estimate of drug-likeness (QED) is 0.568. The van der Waals surface area contributed by atoms with E-state index in [1.807, 2.05) is 52.0 Å². The minimum atomic E-state index is -0.163. The molecular weight excluding hydrogens is 302 g/mol. The van der Waals surface area contributed by atoms with E-state index in [0.717, 1.165) is 24.0 Å². The third-order valence-electron chi connectivity index (χ3n) is 4.67. The van der Waals surface area contributed by atoms with Crippen LogP contribution >= 0.6 is 0 Å². The average molecular weight is 329 g/mol. The highest BCUT2D eigenvalue weighted by Crippen LogP contribution is 2.26. The number of ketones is 1. The van der Waals surface area contributed by atoms with Crippen molar-refractivity contribution in [2.24, 2.45) is 17.8 Å². The van der Waals surface area contributed by atoms with Crippen molar-refractivity contribution in [2.75, 3.05) is 6.54 Å². The Bertz CT molecular complexity index is 634. The molecule has 1 aliphatic heterocycles. The van der Waals surface area contributed by atoms with Crippen LogP contribution in [0.2, 0.25) is 0 Å². The minimum Gasteiger partial charge on any atom is -0.294 e. The molecule has 4 nitrogen and oxygen atoms in total. The molecule has 2 amide bonds. The molecule has 1 atom stereocenters. The highest BCUT2D eigenvalue weighted by Gasteiger charge is 2.39. The summed E-state index contributed by atoms with van der Waals surface area (Å²) in [6.45, 7) is 8.21. The first-order valence-electron chi connectivity index (χ1n) is 8.78. The van der Waals surface area contributed by atoms with Crippen molar-refractivity contribution in [1.29, 1.82) is 0 Å². The number of hydrogen-bond donors (Lipinski definition) is 0. The minimum absolute atomic E-state index is 0.0203. The second kappa shape index (κ2) is 7.73. The van der Waals surface area contributed by atoms with Crippen molar-refractivity contribution in [2.45, 2.75) is 47.0 Å². The molecule has 1 unspecified atom stereocenters. The molecule has 0 spiro atoms. The van der Waals surface area contributed by atoms with Gasteiger partial charge >= 0.3 is 0 Å². The zero-order chi connectivity index (χ0) is 17.9. The molecule has 4 heteroatoms. The maximum Gasteiger partial charge on any atom is 0.233 e. The largest absolute Gasteiger partial charge is 0.294 e. The van der Waals surface area contributed by atoms with E-state index >= 15 is 0 Å². The molecule has 0 aromatic heterocycles. The predicted molar refractivity (Wildman–Crippen MR) is 93.6 cm³/mol. The van der Waals surface area contributed by atoms with Crippen LogP contribution in [0.15, 0.2) is 24.3 Å². The van der Waals surface area contributed by atoms with Crippen LogP contribution in [0.5, 0.6) is 0 Å². The Morgan fingerprint density at radius 2 is 1.92 bits per heavy atom. The maximum atomic E-state index is 12.3. The topological polar surface area (TPSA) is 54.5 Å². The highest BCUT2D eigenvalue weighted by atomic mass is 16.2. The molecule has 1 fully saturated rings. The number of nitrogens with zero attached hydrogens (tertiary/aromatic N) is 1. The number of aryl methyl sites for hydroxylation is 1. The Labute approximate surface area is 144 Å². The van der Waals surface area contributed by atoms with Gasteiger partial charge in [-0.1, -0.05) is 45.9 Å². The molecule has 0 radical (unpaired) electrons. The highest BCUT2D eigenvalue weighted by molar-refractivity contribution is 6.03. The van der Waals surface area contributed by atoms with Crippen molar-refractivity contribution < 1.29 is 14.4 Å². The monoisotopic (exact) mass is 329 g/mol. The number of amides is 2. The molecule has 1 aromatic carbocycles. The SMILES string of the molecule is CC(C)C(=O)c1cccc(CCCN2C(=O)CC(C(C)C)C2=O)c1. The molecule has 130 valence electrons. The molecular formula is C20H27NO3. The normalized spacial score (nSPS) is 18.1. The lowest BCUT2D eigenvalue weighted by atomic mass is 9.94. The van der Waals surface area contributed by atoms with Gasteiger partial charge in [0.1, 0.15) is 0 Å². The number of rotatable bonds is 7. The van der Waals surface area contributed by atoms with E-state index in [9.17, 15) is 14.4 Å². The van der Waals surface area contributed by atoms with Crippen LogP contribution in [0.3, 0.4) is 0 Å². The third-order valence-corrected chi connectivity index (χ3v) is 4.67. The smallest absolute Gasteiger partial charge is 0.233 e. The van der Waals surface area contributed by atoms with Crippen LogP contribution < -0.4 is 0 Å². The summed E-state index contributed by atoms with van der Waals surface area (Å²) in [5, 5.41) is 0. The van der Waals surface area contributed by atoms with Crippen LogP contribution in [-0.2, 0) is 16.0 Å². The molecule has 1 aliphatic rings. The fourth-order valence-corrected chi connectivity index (χ4v) is 3.12. The second-order valence-corrected chi connectivity index (χ2v) is 7.26. The average Bonchev–Trinajstić information content (AvgIpc) is 2.82.